The molecule has 1 heterocycles. The van der Waals surface area contributed by atoms with Crippen molar-refractivity contribution in [2.45, 2.75) is 6.42 Å². The van der Waals surface area contributed by atoms with Gasteiger partial charge < -0.3 is 11.1 Å². The molecule has 0 radical (unpaired) electrons. The zero-order chi connectivity index (χ0) is 13.0. The van der Waals surface area contributed by atoms with Crippen molar-refractivity contribution in [3.63, 3.8) is 0 Å². The summed E-state index contributed by atoms with van der Waals surface area (Å²) < 4.78 is 0.621. The number of hydrogen-bond acceptors (Lipinski definition) is 3. The van der Waals surface area contributed by atoms with Crippen LogP contribution >= 0.6 is 15.9 Å². The highest BCUT2D eigenvalue weighted by atomic mass is 79.9. The molecule has 0 aliphatic carbocycles. The fourth-order valence-corrected chi connectivity index (χ4v) is 1.84. The summed E-state index contributed by atoms with van der Waals surface area (Å²) in [7, 11) is 0. The zero-order valence-corrected chi connectivity index (χ0v) is 11.1. The topological polar surface area (TPSA) is 68.0 Å². The predicted molar refractivity (Wildman–Crippen MR) is 75.1 cm³/mol. The molecule has 0 saturated carbocycles. The lowest BCUT2D eigenvalue weighted by Gasteiger charge is -2.06. The summed E-state index contributed by atoms with van der Waals surface area (Å²) in [5.41, 5.74) is 7.86. The summed E-state index contributed by atoms with van der Waals surface area (Å²) in [5.74, 6) is -0.0894. The van der Waals surface area contributed by atoms with Crippen LogP contribution in [0.4, 0.5) is 11.4 Å². The van der Waals surface area contributed by atoms with E-state index in [2.05, 4.69) is 26.2 Å². The first-order chi connectivity index (χ1) is 8.65. The second kappa shape index (κ2) is 5.64. The van der Waals surface area contributed by atoms with Gasteiger partial charge in [0.05, 0.1) is 12.1 Å². The van der Waals surface area contributed by atoms with Gasteiger partial charge in [-0.2, -0.15) is 0 Å². The predicted octanol–water partition coefficient (Wildman–Crippen LogP) is 2.61. The van der Waals surface area contributed by atoms with Crippen molar-refractivity contribution in [1.29, 1.82) is 0 Å². The summed E-state index contributed by atoms with van der Waals surface area (Å²) >= 11 is 3.28. The molecule has 0 bridgehead atoms. The Bertz CT molecular complexity index is 554. The van der Waals surface area contributed by atoms with Gasteiger partial charge in [0.25, 0.3) is 0 Å². The van der Waals surface area contributed by atoms with Crippen LogP contribution in [0.3, 0.4) is 0 Å². The number of rotatable bonds is 3. The van der Waals surface area contributed by atoms with Crippen LogP contribution in [0.1, 0.15) is 5.56 Å². The standard InChI is InChI=1S/C13H12BrN3O/c14-13-11(2-1-7-16-13)17-12(18)8-9-3-5-10(15)6-4-9/h1-7H,8,15H2,(H,17,18). The normalized spacial score (nSPS) is 10.1. The molecule has 0 unspecified atom stereocenters. The number of halogens is 1. The van der Waals surface area contributed by atoms with Crippen LogP contribution in [0.5, 0.6) is 0 Å². The Morgan fingerprint density at radius 2 is 2.00 bits per heavy atom. The molecule has 0 spiro atoms. The summed E-state index contributed by atoms with van der Waals surface area (Å²) in [6.45, 7) is 0. The van der Waals surface area contributed by atoms with Gasteiger partial charge in [0.15, 0.2) is 0 Å². The monoisotopic (exact) mass is 305 g/mol. The average molecular weight is 306 g/mol. The first-order valence-corrected chi connectivity index (χ1v) is 6.19. The minimum Gasteiger partial charge on any atom is -0.399 e. The Balaban J connectivity index is 2.01. The van der Waals surface area contributed by atoms with E-state index in [9.17, 15) is 4.79 Å². The molecule has 2 rings (SSSR count). The Morgan fingerprint density at radius 1 is 1.28 bits per heavy atom. The fraction of sp³-hybridized carbons (Fsp3) is 0.0769. The van der Waals surface area contributed by atoms with Crippen LogP contribution in [0, 0.1) is 0 Å². The van der Waals surface area contributed by atoms with Gasteiger partial charge in [0.1, 0.15) is 4.60 Å². The van der Waals surface area contributed by atoms with E-state index in [1.54, 1.807) is 30.5 Å². The largest absolute Gasteiger partial charge is 0.399 e. The van der Waals surface area contributed by atoms with Crippen molar-refractivity contribution in [1.82, 2.24) is 4.98 Å². The first kappa shape index (κ1) is 12.6. The molecule has 1 aromatic carbocycles. The molecule has 1 aromatic heterocycles. The molecule has 1 amide bonds. The van der Waals surface area contributed by atoms with Crippen LogP contribution in [0.15, 0.2) is 47.2 Å². The number of amides is 1. The number of pyridine rings is 1. The van der Waals surface area contributed by atoms with Gasteiger partial charge in [-0.25, -0.2) is 4.98 Å². The SMILES string of the molecule is Nc1ccc(CC(=O)Nc2cccnc2Br)cc1. The lowest BCUT2D eigenvalue weighted by molar-refractivity contribution is -0.115. The smallest absolute Gasteiger partial charge is 0.228 e. The Morgan fingerprint density at radius 3 is 2.67 bits per heavy atom. The molecule has 5 heteroatoms. The van der Waals surface area contributed by atoms with E-state index in [1.165, 1.54) is 0 Å². The second-order valence-corrected chi connectivity index (χ2v) is 4.56. The number of aromatic nitrogens is 1. The van der Waals surface area contributed by atoms with E-state index in [0.29, 0.717) is 22.4 Å². The van der Waals surface area contributed by atoms with E-state index in [-0.39, 0.29) is 5.91 Å². The number of hydrogen-bond donors (Lipinski definition) is 2. The summed E-state index contributed by atoms with van der Waals surface area (Å²) in [5, 5.41) is 2.79. The number of benzene rings is 1. The lowest BCUT2D eigenvalue weighted by Crippen LogP contribution is -2.14. The zero-order valence-electron chi connectivity index (χ0n) is 9.56. The maximum Gasteiger partial charge on any atom is 0.228 e. The number of carbonyl (C=O) groups excluding carboxylic acids is 1. The number of nitrogen functional groups attached to an aromatic ring is 1. The van der Waals surface area contributed by atoms with E-state index in [1.807, 2.05) is 12.1 Å². The minimum atomic E-state index is -0.0894. The van der Waals surface area contributed by atoms with Gasteiger partial charge in [-0.15, -0.1) is 0 Å². The van der Waals surface area contributed by atoms with Crippen molar-refractivity contribution in [2.24, 2.45) is 0 Å². The van der Waals surface area contributed by atoms with Crippen molar-refractivity contribution in [2.75, 3.05) is 11.1 Å². The average Bonchev–Trinajstić information content (AvgIpc) is 2.35. The van der Waals surface area contributed by atoms with Crippen molar-refractivity contribution in [3.05, 3.63) is 52.8 Å². The molecule has 18 heavy (non-hydrogen) atoms. The van der Waals surface area contributed by atoms with Crippen molar-refractivity contribution in [3.8, 4) is 0 Å². The van der Waals surface area contributed by atoms with Gasteiger partial charge in [-0.1, -0.05) is 12.1 Å². The van der Waals surface area contributed by atoms with Gasteiger partial charge in [-0.05, 0) is 45.8 Å². The first-order valence-electron chi connectivity index (χ1n) is 5.40. The van der Waals surface area contributed by atoms with Crippen LogP contribution < -0.4 is 11.1 Å². The maximum atomic E-state index is 11.8. The molecular weight excluding hydrogens is 294 g/mol. The highest BCUT2D eigenvalue weighted by Crippen LogP contribution is 2.18. The van der Waals surface area contributed by atoms with Gasteiger partial charge in [0.2, 0.25) is 5.91 Å². The highest BCUT2D eigenvalue weighted by Gasteiger charge is 2.06. The molecule has 0 fully saturated rings. The summed E-state index contributed by atoms with van der Waals surface area (Å²) in [6.07, 6.45) is 1.96. The second-order valence-electron chi connectivity index (χ2n) is 3.81. The molecule has 0 atom stereocenters. The Hall–Kier alpha value is -1.88. The summed E-state index contributed by atoms with van der Waals surface area (Å²) in [6, 6.07) is 10.8. The lowest BCUT2D eigenvalue weighted by atomic mass is 10.1. The number of nitrogens with zero attached hydrogens (tertiary/aromatic N) is 1. The molecular formula is C13H12BrN3O. The quantitative estimate of drug-likeness (QED) is 0.676. The van der Waals surface area contributed by atoms with Crippen molar-refractivity contribution >= 4 is 33.2 Å². The molecule has 0 saturated heterocycles. The van der Waals surface area contributed by atoms with E-state index in [0.717, 1.165) is 5.56 Å². The molecule has 92 valence electrons. The number of carbonyl (C=O) groups is 1. The number of anilines is 2. The summed E-state index contributed by atoms with van der Waals surface area (Å²) in [4.78, 5) is 15.9. The third-order valence-corrected chi connectivity index (χ3v) is 3.01. The molecule has 4 nitrogen and oxygen atoms in total. The third-order valence-electron chi connectivity index (χ3n) is 2.38. The third kappa shape index (κ3) is 3.30. The van der Waals surface area contributed by atoms with E-state index < -0.39 is 0 Å². The van der Waals surface area contributed by atoms with Crippen LogP contribution in [-0.4, -0.2) is 10.9 Å². The maximum absolute atomic E-state index is 11.8. The van der Waals surface area contributed by atoms with Crippen LogP contribution in [0.25, 0.3) is 0 Å². The molecule has 3 N–H and O–H groups in total. The molecule has 0 aliphatic heterocycles. The van der Waals surface area contributed by atoms with E-state index >= 15 is 0 Å². The van der Waals surface area contributed by atoms with Crippen molar-refractivity contribution < 1.29 is 4.79 Å². The molecule has 0 aliphatic rings. The van der Waals surface area contributed by atoms with Gasteiger partial charge in [-0.3, -0.25) is 4.79 Å². The van der Waals surface area contributed by atoms with Gasteiger partial charge in [0, 0.05) is 11.9 Å². The van der Waals surface area contributed by atoms with Crippen LogP contribution in [0.2, 0.25) is 0 Å². The fourth-order valence-electron chi connectivity index (χ4n) is 1.49. The minimum absolute atomic E-state index is 0.0894. The number of nitrogens with two attached hydrogens (primary N) is 1. The number of nitrogens with one attached hydrogen (secondary N) is 1. The molecule has 2 aromatic rings. The highest BCUT2D eigenvalue weighted by molar-refractivity contribution is 9.10. The Labute approximate surface area is 113 Å². The van der Waals surface area contributed by atoms with Gasteiger partial charge >= 0.3 is 0 Å². The van der Waals surface area contributed by atoms with Crippen LogP contribution in [-0.2, 0) is 11.2 Å². The Kier molecular flexibility index (Phi) is 3.94. The van der Waals surface area contributed by atoms with E-state index in [4.69, 9.17) is 5.73 Å².